The predicted octanol–water partition coefficient (Wildman–Crippen LogP) is 6.27. The third-order valence-electron chi connectivity index (χ3n) is 4.13. The Morgan fingerprint density at radius 1 is 0.897 bits per heavy atom. The van der Waals surface area contributed by atoms with Crippen molar-refractivity contribution in [3.8, 4) is 23.0 Å². The van der Waals surface area contributed by atoms with Gasteiger partial charge in [0.05, 0.1) is 5.52 Å². The molecule has 0 unspecified atom stereocenters. The van der Waals surface area contributed by atoms with E-state index in [1.165, 1.54) is 0 Å². The third-order valence-corrected chi connectivity index (χ3v) is 4.13. The lowest BCUT2D eigenvalue weighted by Gasteiger charge is -2.16. The van der Waals surface area contributed by atoms with Gasteiger partial charge < -0.3 is 14.6 Å². The molecule has 0 atom stereocenters. The van der Waals surface area contributed by atoms with Gasteiger partial charge in [0.25, 0.3) is 0 Å². The number of hydrogen-bond acceptors (Lipinski definition) is 4. The van der Waals surface area contributed by atoms with E-state index in [1.807, 2.05) is 0 Å². The van der Waals surface area contributed by atoms with Crippen LogP contribution in [0.3, 0.4) is 0 Å². The number of aryl methyl sites for hydroxylation is 1. The van der Waals surface area contributed by atoms with Gasteiger partial charge in [0, 0.05) is 16.6 Å². The molecule has 0 spiro atoms. The lowest BCUT2D eigenvalue weighted by Crippen LogP contribution is -2.16. The standard InChI is InChI=1S/C19H13F6NO3/c1-9-10(2)26-15-8-14(18(20,21)22)16(7-13(15)17(9)27)28-11-3-5-12(6-4-11)29-19(23,24)25/h3-8H,1-2H3,(H,26,27). The maximum atomic E-state index is 13.5. The number of ether oxygens (including phenoxy) is 2. The minimum absolute atomic E-state index is 0.0492. The number of hydrogen-bond donors (Lipinski definition) is 1. The summed E-state index contributed by atoms with van der Waals surface area (Å²) in [6.45, 7) is 3.12. The molecule has 0 amide bonds. The van der Waals surface area contributed by atoms with Crippen molar-refractivity contribution in [2.24, 2.45) is 0 Å². The van der Waals surface area contributed by atoms with E-state index in [9.17, 15) is 31.4 Å². The Balaban J connectivity index is 2.05. The topological polar surface area (TPSA) is 51.6 Å². The van der Waals surface area contributed by atoms with Crippen LogP contribution in [0.1, 0.15) is 16.8 Å². The molecule has 4 nitrogen and oxygen atoms in total. The fourth-order valence-electron chi connectivity index (χ4n) is 2.63. The first-order chi connectivity index (χ1) is 13.3. The summed E-state index contributed by atoms with van der Waals surface area (Å²) in [6.07, 6.45) is -9.69. The molecule has 10 heteroatoms. The van der Waals surface area contributed by atoms with Crippen LogP contribution in [0, 0.1) is 13.8 Å². The van der Waals surface area contributed by atoms with Crippen LogP contribution in [0.4, 0.5) is 26.3 Å². The highest BCUT2D eigenvalue weighted by Gasteiger charge is 2.36. The molecular weight excluding hydrogens is 404 g/mol. The molecule has 29 heavy (non-hydrogen) atoms. The zero-order chi connectivity index (χ0) is 21.6. The Morgan fingerprint density at radius 3 is 2.03 bits per heavy atom. The molecular formula is C19H13F6NO3. The second-order valence-electron chi connectivity index (χ2n) is 6.16. The first kappa shape index (κ1) is 20.6. The average molecular weight is 417 g/mol. The van der Waals surface area contributed by atoms with Gasteiger partial charge in [0.1, 0.15) is 28.6 Å². The maximum absolute atomic E-state index is 13.5. The Bertz CT molecular complexity index is 1060. The van der Waals surface area contributed by atoms with E-state index >= 15 is 0 Å². The molecule has 0 aliphatic heterocycles. The quantitative estimate of drug-likeness (QED) is 0.511. The van der Waals surface area contributed by atoms with Crippen LogP contribution in [0.15, 0.2) is 36.4 Å². The van der Waals surface area contributed by atoms with E-state index < -0.39 is 29.6 Å². The minimum atomic E-state index is -4.90. The molecule has 0 bridgehead atoms. The molecule has 154 valence electrons. The van der Waals surface area contributed by atoms with Crippen molar-refractivity contribution in [2.45, 2.75) is 26.4 Å². The number of nitrogens with zero attached hydrogens (tertiary/aromatic N) is 1. The molecule has 1 heterocycles. The van der Waals surface area contributed by atoms with Crippen LogP contribution in [-0.4, -0.2) is 16.5 Å². The molecule has 0 fully saturated rings. The van der Waals surface area contributed by atoms with Crippen LogP contribution in [0.2, 0.25) is 0 Å². The van der Waals surface area contributed by atoms with Crippen LogP contribution >= 0.6 is 0 Å². The summed E-state index contributed by atoms with van der Waals surface area (Å²) in [5.74, 6) is -1.57. The lowest BCUT2D eigenvalue weighted by atomic mass is 10.1. The molecule has 0 radical (unpaired) electrons. The van der Waals surface area contributed by atoms with Crippen LogP contribution < -0.4 is 9.47 Å². The molecule has 1 N–H and O–H groups in total. The highest BCUT2D eigenvalue weighted by atomic mass is 19.4. The van der Waals surface area contributed by atoms with Gasteiger partial charge in [-0.3, -0.25) is 4.98 Å². The molecule has 1 aromatic heterocycles. The van der Waals surface area contributed by atoms with E-state index in [1.54, 1.807) is 13.8 Å². The first-order valence-corrected chi connectivity index (χ1v) is 8.10. The second kappa shape index (κ2) is 7.02. The van der Waals surface area contributed by atoms with Gasteiger partial charge >= 0.3 is 12.5 Å². The zero-order valence-corrected chi connectivity index (χ0v) is 14.9. The number of halogens is 6. The Labute approximate surface area is 160 Å². The van der Waals surface area contributed by atoms with Crippen molar-refractivity contribution in [1.82, 2.24) is 4.98 Å². The van der Waals surface area contributed by atoms with E-state index in [0.717, 1.165) is 36.4 Å². The van der Waals surface area contributed by atoms with Crippen molar-refractivity contribution in [2.75, 3.05) is 0 Å². The average Bonchev–Trinajstić information content (AvgIpc) is 2.59. The van der Waals surface area contributed by atoms with Gasteiger partial charge in [0.15, 0.2) is 0 Å². The molecule has 0 saturated heterocycles. The normalized spacial score (nSPS) is 12.3. The van der Waals surface area contributed by atoms with Crippen molar-refractivity contribution in [3.05, 3.63) is 53.2 Å². The number of pyridine rings is 1. The highest BCUT2D eigenvalue weighted by Crippen LogP contribution is 2.42. The van der Waals surface area contributed by atoms with Crippen molar-refractivity contribution < 1.29 is 40.9 Å². The summed E-state index contributed by atoms with van der Waals surface area (Å²) in [6, 6.07) is 5.62. The largest absolute Gasteiger partial charge is 0.573 e. The van der Waals surface area contributed by atoms with Crippen molar-refractivity contribution in [1.29, 1.82) is 0 Å². The fraction of sp³-hybridized carbons (Fsp3) is 0.211. The summed E-state index contributed by atoms with van der Waals surface area (Å²) in [5, 5.41) is 10.3. The number of benzene rings is 2. The molecule has 3 aromatic rings. The number of alkyl halides is 6. The smallest absolute Gasteiger partial charge is 0.507 e. The Morgan fingerprint density at radius 2 is 1.48 bits per heavy atom. The number of fused-ring (bicyclic) bond motifs is 1. The number of aromatic hydroxyl groups is 1. The van der Waals surface area contributed by atoms with Gasteiger partial charge in [-0.1, -0.05) is 0 Å². The summed E-state index contributed by atoms with van der Waals surface area (Å²) >= 11 is 0. The van der Waals surface area contributed by atoms with Gasteiger partial charge in [-0.15, -0.1) is 13.2 Å². The minimum Gasteiger partial charge on any atom is -0.507 e. The number of rotatable bonds is 3. The Hall–Kier alpha value is -3.17. The molecule has 0 aliphatic rings. The van der Waals surface area contributed by atoms with E-state index in [-0.39, 0.29) is 22.4 Å². The SMILES string of the molecule is Cc1nc2cc(C(F)(F)F)c(Oc3ccc(OC(F)(F)F)cc3)cc2c(O)c1C. The van der Waals surface area contributed by atoms with Gasteiger partial charge in [-0.2, -0.15) is 13.2 Å². The van der Waals surface area contributed by atoms with Crippen LogP contribution in [0.5, 0.6) is 23.0 Å². The summed E-state index contributed by atoms with van der Waals surface area (Å²) in [7, 11) is 0. The van der Waals surface area contributed by atoms with E-state index in [2.05, 4.69) is 9.72 Å². The predicted molar refractivity (Wildman–Crippen MR) is 91.1 cm³/mol. The van der Waals surface area contributed by atoms with Crippen LogP contribution in [-0.2, 0) is 6.18 Å². The van der Waals surface area contributed by atoms with E-state index in [4.69, 9.17) is 4.74 Å². The molecule has 0 saturated carbocycles. The van der Waals surface area contributed by atoms with Crippen molar-refractivity contribution >= 4 is 10.9 Å². The summed E-state index contributed by atoms with van der Waals surface area (Å²) in [5.41, 5.74) is -0.441. The van der Waals surface area contributed by atoms with Gasteiger partial charge in [-0.05, 0) is 50.2 Å². The zero-order valence-electron chi connectivity index (χ0n) is 14.9. The van der Waals surface area contributed by atoms with Crippen LogP contribution in [0.25, 0.3) is 10.9 Å². The summed E-state index contributed by atoms with van der Waals surface area (Å²) < 4.78 is 86.1. The fourth-order valence-corrected chi connectivity index (χ4v) is 2.63. The van der Waals surface area contributed by atoms with Gasteiger partial charge in [0.2, 0.25) is 0 Å². The highest BCUT2D eigenvalue weighted by molar-refractivity contribution is 5.88. The maximum Gasteiger partial charge on any atom is 0.573 e. The first-order valence-electron chi connectivity index (χ1n) is 8.10. The van der Waals surface area contributed by atoms with E-state index in [0.29, 0.717) is 11.3 Å². The lowest BCUT2D eigenvalue weighted by molar-refractivity contribution is -0.274. The molecule has 2 aromatic carbocycles. The Kier molecular flexibility index (Phi) is 4.97. The number of aromatic nitrogens is 1. The van der Waals surface area contributed by atoms with Gasteiger partial charge in [-0.25, -0.2) is 0 Å². The third kappa shape index (κ3) is 4.47. The molecule has 0 aliphatic carbocycles. The second-order valence-corrected chi connectivity index (χ2v) is 6.16. The molecule has 3 rings (SSSR count). The van der Waals surface area contributed by atoms with Crippen molar-refractivity contribution in [3.63, 3.8) is 0 Å². The summed E-state index contributed by atoms with van der Waals surface area (Å²) in [4.78, 5) is 4.07. The monoisotopic (exact) mass is 417 g/mol.